The number of piperidine rings is 1. The average molecular weight is 323 g/mol. The van der Waals surface area contributed by atoms with E-state index < -0.39 is 0 Å². The molecule has 5 heteroatoms. The zero-order valence-electron chi connectivity index (χ0n) is 14.3. The molecule has 1 atom stereocenters. The maximum atomic E-state index is 4.44. The molecule has 0 N–H and O–H groups in total. The first-order valence-electron chi connectivity index (χ1n) is 8.63. The van der Waals surface area contributed by atoms with Gasteiger partial charge in [0.1, 0.15) is 0 Å². The minimum atomic E-state index is 0.810. The molecule has 2 heterocycles. The lowest BCUT2D eigenvalue weighted by Crippen LogP contribution is -2.40. The second-order valence-electron chi connectivity index (χ2n) is 6.04. The van der Waals surface area contributed by atoms with Crippen LogP contribution in [0.25, 0.3) is 0 Å². The van der Waals surface area contributed by atoms with Gasteiger partial charge in [0.15, 0.2) is 5.16 Å². The summed E-state index contributed by atoms with van der Waals surface area (Å²) in [6.07, 6.45) is 6.68. The molecule has 0 aliphatic carbocycles. The Morgan fingerprint density at radius 2 is 1.95 bits per heavy atom. The van der Waals surface area contributed by atoms with E-state index in [2.05, 4.69) is 40.5 Å². The summed E-state index contributed by atoms with van der Waals surface area (Å²) in [5, 5.41) is 0.893. The first-order chi connectivity index (χ1) is 10.7. The third-order valence-corrected chi connectivity index (χ3v) is 5.13. The van der Waals surface area contributed by atoms with Crippen molar-refractivity contribution in [3.8, 4) is 0 Å². The van der Waals surface area contributed by atoms with Gasteiger partial charge in [0.25, 0.3) is 0 Å². The molecule has 0 aromatic carbocycles. The van der Waals surface area contributed by atoms with E-state index >= 15 is 0 Å². The van der Waals surface area contributed by atoms with Gasteiger partial charge in [-0.2, -0.15) is 0 Å². The smallest absolute Gasteiger partial charge is 0.187 e. The lowest BCUT2D eigenvalue weighted by Gasteiger charge is -2.35. The Bertz CT molecular complexity index is 419. The number of thioether (sulfide) groups is 1. The first kappa shape index (κ1) is 17.7. The number of likely N-dealkylation sites (tertiary alicyclic amines) is 1. The van der Waals surface area contributed by atoms with Crippen molar-refractivity contribution in [3.05, 3.63) is 18.0 Å². The third kappa shape index (κ3) is 5.52. The van der Waals surface area contributed by atoms with Gasteiger partial charge < -0.3 is 4.90 Å². The van der Waals surface area contributed by atoms with Gasteiger partial charge in [0.2, 0.25) is 0 Å². The summed E-state index contributed by atoms with van der Waals surface area (Å²) in [4.78, 5) is 14.0. The second kappa shape index (κ2) is 9.48. The highest BCUT2D eigenvalue weighted by Crippen LogP contribution is 2.20. The molecular weight excluding hydrogens is 292 g/mol. The Hall–Kier alpha value is -0.650. The van der Waals surface area contributed by atoms with E-state index in [1.54, 1.807) is 11.8 Å². The Morgan fingerprint density at radius 1 is 1.23 bits per heavy atom. The Morgan fingerprint density at radius 3 is 2.59 bits per heavy atom. The molecule has 1 aliphatic rings. The average Bonchev–Trinajstić information content (AvgIpc) is 2.55. The summed E-state index contributed by atoms with van der Waals surface area (Å²) in [6, 6.07) is 0. The van der Waals surface area contributed by atoms with E-state index in [4.69, 9.17) is 0 Å². The van der Waals surface area contributed by atoms with E-state index in [1.165, 1.54) is 38.0 Å². The monoisotopic (exact) mass is 322 g/mol. The van der Waals surface area contributed by atoms with Crippen molar-refractivity contribution in [2.45, 2.75) is 45.3 Å². The summed E-state index contributed by atoms with van der Waals surface area (Å²) < 4.78 is 0. The van der Waals surface area contributed by atoms with Crippen molar-refractivity contribution in [3.63, 3.8) is 0 Å². The fraction of sp³-hybridized carbons (Fsp3) is 0.765. The zero-order chi connectivity index (χ0) is 15.8. The maximum absolute atomic E-state index is 4.44. The minimum Gasteiger partial charge on any atom is -0.304 e. The van der Waals surface area contributed by atoms with Gasteiger partial charge in [0.05, 0.1) is 0 Å². The third-order valence-electron chi connectivity index (χ3n) is 4.38. The molecule has 0 amide bonds. The van der Waals surface area contributed by atoms with Crippen molar-refractivity contribution in [1.82, 2.24) is 19.8 Å². The molecule has 4 nitrogen and oxygen atoms in total. The number of hydrogen-bond acceptors (Lipinski definition) is 5. The lowest BCUT2D eigenvalue weighted by atomic mass is 9.97. The molecule has 1 saturated heterocycles. The van der Waals surface area contributed by atoms with E-state index in [-0.39, 0.29) is 0 Å². The Kier molecular flexibility index (Phi) is 7.63. The molecule has 0 saturated carbocycles. The minimum absolute atomic E-state index is 0.810. The first-order valence-corrected chi connectivity index (χ1v) is 9.62. The highest BCUT2D eigenvalue weighted by molar-refractivity contribution is 7.99. The largest absolute Gasteiger partial charge is 0.304 e. The van der Waals surface area contributed by atoms with Crippen LogP contribution in [-0.2, 0) is 6.54 Å². The summed E-state index contributed by atoms with van der Waals surface area (Å²) in [5.74, 6) is 1.84. The molecule has 0 bridgehead atoms. The summed E-state index contributed by atoms with van der Waals surface area (Å²) in [6.45, 7) is 13.6. The molecule has 22 heavy (non-hydrogen) atoms. The van der Waals surface area contributed by atoms with Gasteiger partial charge >= 0.3 is 0 Å². The van der Waals surface area contributed by atoms with Crippen LogP contribution in [0.4, 0.5) is 0 Å². The number of rotatable bonds is 8. The van der Waals surface area contributed by atoms with E-state index in [0.29, 0.717) is 0 Å². The number of aromatic nitrogens is 2. The standard InChI is InChI=1S/C17H30N4S/c1-4-20(5-2)12-15-8-7-9-21(13-15)14-16-10-18-17(19-11-16)22-6-3/h10-11,15H,4-9,12-14H2,1-3H3. The molecular formula is C17H30N4S. The second-order valence-corrected chi connectivity index (χ2v) is 7.27. The summed E-state index contributed by atoms with van der Waals surface area (Å²) >= 11 is 1.70. The zero-order valence-corrected chi connectivity index (χ0v) is 15.1. The predicted octanol–water partition coefficient (Wildman–Crippen LogP) is 3.14. The Balaban J connectivity index is 1.84. The molecule has 1 fully saturated rings. The molecule has 124 valence electrons. The molecule has 1 aliphatic heterocycles. The quantitative estimate of drug-likeness (QED) is 0.542. The lowest BCUT2D eigenvalue weighted by molar-refractivity contribution is 0.132. The van der Waals surface area contributed by atoms with Crippen molar-refractivity contribution >= 4 is 11.8 Å². The SMILES string of the molecule is CCSc1ncc(CN2CCCC(CN(CC)CC)C2)cn1. The molecule has 1 unspecified atom stereocenters. The van der Waals surface area contributed by atoms with Crippen LogP contribution < -0.4 is 0 Å². The van der Waals surface area contributed by atoms with Gasteiger partial charge in [-0.3, -0.25) is 4.90 Å². The van der Waals surface area contributed by atoms with Crippen LogP contribution in [0.1, 0.15) is 39.2 Å². The topological polar surface area (TPSA) is 32.3 Å². The van der Waals surface area contributed by atoms with Crippen LogP contribution in [0.5, 0.6) is 0 Å². The highest BCUT2D eigenvalue weighted by Gasteiger charge is 2.21. The van der Waals surface area contributed by atoms with Crippen LogP contribution in [0.2, 0.25) is 0 Å². The van der Waals surface area contributed by atoms with Crippen LogP contribution in [0, 0.1) is 5.92 Å². The van der Waals surface area contributed by atoms with Gasteiger partial charge in [-0.15, -0.1) is 0 Å². The number of nitrogens with zero attached hydrogens (tertiary/aromatic N) is 4. The summed E-state index contributed by atoms with van der Waals surface area (Å²) in [5.41, 5.74) is 1.24. The van der Waals surface area contributed by atoms with E-state index in [9.17, 15) is 0 Å². The maximum Gasteiger partial charge on any atom is 0.187 e. The van der Waals surface area contributed by atoms with Crippen LogP contribution in [-0.4, -0.2) is 58.2 Å². The van der Waals surface area contributed by atoms with Crippen LogP contribution in [0.3, 0.4) is 0 Å². The van der Waals surface area contributed by atoms with Crippen molar-refractivity contribution in [2.24, 2.45) is 5.92 Å². The molecule has 1 aromatic heterocycles. The van der Waals surface area contributed by atoms with Gasteiger partial charge in [-0.1, -0.05) is 32.5 Å². The Labute approximate surface area is 139 Å². The molecule has 1 aromatic rings. The number of hydrogen-bond donors (Lipinski definition) is 0. The van der Waals surface area contributed by atoms with E-state index in [1.807, 2.05) is 12.4 Å². The van der Waals surface area contributed by atoms with Crippen molar-refractivity contribution in [2.75, 3.05) is 38.5 Å². The fourth-order valence-corrected chi connectivity index (χ4v) is 3.69. The van der Waals surface area contributed by atoms with Crippen LogP contribution >= 0.6 is 11.8 Å². The van der Waals surface area contributed by atoms with Gasteiger partial charge in [0, 0.05) is 37.6 Å². The van der Waals surface area contributed by atoms with Gasteiger partial charge in [-0.05, 0) is 44.1 Å². The summed E-state index contributed by atoms with van der Waals surface area (Å²) in [7, 11) is 0. The fourth-order valence-electron chi connectivity index (χ4n) is 3.18. The normalized spacial score (nSPS) is 19.7. The highest BCUT2D eigenvalue weighted by atomic mass is 32.2. The predicted molar refractivity (Wildman–Crippen MR) is 94.2 cm³/mol. The molecule has 0 spiro atoms. The van der Waals surface area contributed by atoms with Gasteiger partial charge in [-0.25, -0.2) is 9.97 Å². The van der Waals surface area contributed by atoms with Crippen molar-refractivity contribution in [1.29, 1.82) is 0 Å². The molecule has 0 radical (unpaired) electrons. The van der Waals surface area contributed by atoms with E-state index in [0.717, 1.165) is 36.5 Å². The molecule has 2 rings (SSSR count). The van der Waals surface area contributed by atoms with Crippen LogP contribution in [0.15, 0.2) is 17.6 Å². The van der Waals surface area contributed by atoms with Crippen molar-refractivity contribution < 1.29 is 0 Å².